The largest absolute Gasteiger partial charge is 0.462 e. The van der Waals surface area contributed by atoms with Crippen LogP contribution in [0.1, 0.15) is 323 Å². The van der Waals surface area contributed by atoms with E-state index in [2.05, 4.69) is 130 Å². The number of allylic oxidation sites excluding steroid dienone is 18. The van der Waals surface area contributed by atoms with Crippen molar-refractivity contribution < 1.29 is 28.6 Å². The van der Waals surface area contributed by atoms with Gasteiger partial charge < -0.3 is 14.2 Å². The van der Waals surface area contributed by atoms with Gasteiger partial charge in [-0.1, -0.05) is 304 Å². The number of hydrogen-bond donors (Lipinski definition) is 0. The molecule has 0 spiro atoms. The average molecular weight is 1110 g/mol. The fraction of sp³-hybridized carbons (Fsp3) is 0.716. The number of esters is 3. The molecule has 1 unspecified atom stereocenters. The highest BCUT2D eigenvalue weighted by Crippen LogP contribution is 2.16. The van der Waals surface area contributed by atoms with Crippen molar-refractivity contribution in [3.05, 3.63) is 109 Å². The molecule has 0 bridgehead atoms. The molecule has 0 amide bonds. The van der Waals surface area contributed by atoms with Gasteiger partial charge in [-0.25, -0.2) is 0 Å². The standard InChI is InChI=1S/C74H126O6/c1-4-7-10-13-16-18-20-22-24-26-28-30-32-34-36-37-39-40-42-44-46-48-50-52-54-56-58-61-64-67-73(76)79-70-71(69-78-72(75)66-63-60-15-12-9-6-3)80-74(77)68-65-62-59-57-55-53-51-49-47-45-43-41-38-35-33-31-29-27-25-23-21-19-17-14-11-8-5-2/h7,10,16,18,21-24,27-30,33-36,39-40,71H,4-6,8-9,11-15,17,19-20,25-26,31-32,37-38,41-70H2,1-3H3/b10-7-,18-16-,23-21-,24-22-,29-27-,30-28-,35-33-,36-34-,40-39-. The van der Waals surface area contributed by atoms with Crippen molar-refractivity contribution >= 4 is 17.9 Å². The van der Waals surface area contributed by atoms with Gasteiger partial charge in [-0.3, -0.25) is 14.4 Å². The zero-order valence-corrected chi connectivity index (χ0v) is 52.6. The van der Waals surface area contributed by atoms with Crippen LogP contribution in [0.4, 0.5) is 0 Å². The van der Waals surface area contributed by atoms with E-state index in [-0.39, 0.29) is 31.1 Å². The summed E-state index contributed by atoms with van der Waals surface area (Å²) in [6.07, 6.45) is 92.8. The van der Waals surface area contributed by atoms with Crippen molar-refractivity contribution in [1.29, 1.82) is 0 Å². The number of unbranched alkanes of at least 4 members (excludes halogenated alkanes) is 32. The Hall–Kier alpha value is -3.93. The number of hydrogen-bond acceptors (Lipinski definition) is 6. The highest BCUT2D eigenvalue weighted by atomic mass is 16.6. The molecule has 0 aliphatic carbocycles. The maximum absolute atomic E-state index is 12.9. The maximum Gasteiger partial charge on any atom is 0.306 e. The molecule has 80 heavy (non-hydrogen) atoms. The second-order valence-electron chi connectivity index (χ2n) is 22.4. The van der Waals surface area contributed by atoms with Crippen LogP contribution in [0.15, 0.2) is 109 Å². The Kier molecular flexibility index (Phi) is 64.3. The van der Waals surface area contributed by atoms with E-state index in [1.807, 2.05) is 0 Å². The molecule has 0 radical (unpaired) electrons. The molecule has 0 aromatic heterocycles. The lowest BCUT2D eigenvalue weighted by Gasteiger charge is -2.18. The zero-order valence-electron chi connectivity index (χ0n) is 52.6. The molecule has 0 rings (SSSR count). The predicted molar refractivity (Wildman–Crippen MR) is 348 cm³/mol. The van der Waals surface area contributed by atoms with Gasteiger partial charge in [0.15, 0.2) is 6.10 Å². The fourth-order valence-corrected chi connectivity index (χ4v) is 9.45. The van der Waals surface area contributed by atoms with Gasteiger partial charge in [-0.05, 0) is 109 Å². The van der Waals surface area contributed by atoms with Crippen molar-refractivity contribution in [1.82, 2.24) is 0 Å². The summed E-state index contributed by atoms with van der Waals surface area (Å²) in [5, 5.41) is 0. The Morgan fingerprint density at radius 3 is 0.762 bits per heavy atom. The molecule has 0 fully saturated rings. The summed E-state index contributed by atoms with van der Waals surface area (Å²) in [7, 11) is 0. The SMILES string of the molecule is CC/C=C\C/C=C\C/C=C\C/C=C\C/C=C\C/C=C\CCCCCCCCCCCCC(=O)OCC(COC(=O)CCCCCCCC)OC(=O)CCCCCCCCCCCCCC/C=C\C/C=C\C/C=C\CCCCCCC. The molecule has 0 aromatic carbocycles. The zero-order chi connectivity index (χ0) is 57.8. The summed E-state index contributed by atoms with van der Waals surface area (Å²) in [5.74, 6) is -0.886. The number of rotatable bonds is 61. The summed E-state index contributed by atoms with van der Waals surface area (Å²) < 4.78 is 16.8. The van der Waals surface area contributed by atoms with Crippen LogP contribution in [-0.2, 0) is 28.6 Å². The Morgan fingerprint density at radius 2 is 0.487 bits per heavy atom. The molecular weight excluding hydrogens is 985 g/mol. The van der Waals surface area contributed by atoms with E-state index in [1.165, 1.54) is 173 Å². The lowest BCUT2D eigenvalue weighted by atomic mass is 10.0. The van der Waals surface area contributed by atoms with Crippen LogP contribution in [-0.4, -0.2) is 37.2 Å². The van der Waals surface area contributed by atoms with Crippen LogP contribution in [0.3, 0.4) is 0 Å². The lowest BCUT2D eigenvalue weighted by molar-refractivity contribution is -0.167. The molecule has 0 saturated heterocycles. The van der Waals surface area contributed by atoms with Gasteiger partial charge >= 0.3 is 17.9 Å². The highest BCUT2D eigenvalue weighted by Gasteiger charge is 2.19. The van der Waals surface area contributed by atoms with Crippen LogP contribution < -0.4 is 0 Å². The Balaban J connectivity index is 4.09. The van der Waals surface area contributed by atoms with E-state index in [1.54, 1.807) is 0 Å². The molecule has 0 aromatic rings. The molecule has 0 aliphatic rings. The van der Waals surface area contributed by atoms with Crippen LogP contribution >= 0.6 is 0 Å². The monoisotopic (exact) mass is 1110 g/mol. The van der Waals surface area contributed by atoms with E-state index >= 15 is 0 Å². The first kappa shape index (κ1) is 76.1. The Labute approximate surface area is 495 Å². The van der Waals surface area contributed by atoms with Gasteiger partial charge in [-0.15, -0.1) is 0 Å². The van der Waals surface area contributed by atoms with Gasteiger partial charge in [0.25, 0.3) is 0 Å². The second kappa shape index (κ2) is 67.6. The minimum atomic E-state index is -0.779. The summed E-state index contributed by atoms with van der Waals surface area (Å²) in [4.78, 5) is 38.1. The van der Waals surface area contributed by atoms with Crippen molar-refractivity contribution in [2.45, 2.75) is 329 Å². The van der Waals surface area contributed by atoms with E-state index < -0.39 is 6.10 Å². The van der Waals surface area contributed by atoms with Crippen LogP contribution in [0.2, 0.25) is 0 Å². The van der Waals surface area contributed by atoms with Crippen LogP contribution in [0, 0.1) is 0 Å². The number of carbonyl (C=O) groups is 3. The number of carbonyl (C=O) groups excluding carboxylic acids is 3. The van der Waals surface area contributed by atoms with Crippen molar-refractivity contribution in [2.24, 2.45) is 0 Å². The normalized spacial score (nSPS) is 12.8. The third-order valence-corrected chi connectivity index (χ3v) is 14.5. The third-order valence-electron chi connectivity index (χ3n) is 14.5. The Bertz CT molecular complexity index is 1610. The van der Waals surface area contributed by atoms with E-state index in [0.717, 1.165) is 109 Å². The van der Waals surface area contributed by atoms with Crippen molar-refractivity contribution in [3.8, 4) is 0 Å². The van der Waals surface area contributed by atoms with E-state index in [0.29, 0.717) is 19.3 Å². The maximum atomic E-state index is 12.9. The van der Waals surface area contributed by atoms with Gasteiger partial charge in [0.1, 0.15) is 13.2 Å². The predicted octanol–water partition coefficient (Wildman–Crippen LogP) is 23.4. The summed E-state index contributed by atoms with van der Waals surface area (Å²) in [6.45, 7) is 6.47. The first-order chi connectivity index (χ1) is 39.5. The third kappa shape index (κ3) is 64.9. The van der Waals surface area contributed by atoms with Gasteiger partial charge in [0.2, 0.25) is 0 Å². The average Bonchev–Trinajstić information content (AvgIpc) is 3.46. The molecule has 0 aliphatic heterocycles. The first-order valence-electron chi connectivity index (χ1n) is 33.9. The van der Waals surface area contributed by atoms with E-state index in [4.69, 9.17) is 14.2 Å². The second-order valence-corrected chi connectivity index (χ2v) is 22.4. The molecule has 1 atom stereocenters. The van der Waals surface area contributed by atoms with Gasteiger partial charge in [-0.2, -0.15) is 0 Å². The molecule has 0 saturated carbocycles. The molecule has 0 heterocycles. The highest BCUT2D eigenvalue weighted by molar-refractivity contribution is 5.71. The lowest BCUT2D eigenvalue weighted by Crippen LogP contribution is -2.30. The molecular formula is C74H126O6. The topological polar surface area (TPSA) is 78.9 Å². The Morgan fingerprint density at radius 1 is 0.263 bits per heavy atom. The van der Waals surface area contributed by atoms with Gasteiger partial charge in [0, 0.05) is 19.3 Å². The van der Waals surface area contributed by atoms with Crippen LogP contribution in [0.25, 0.3) is 0 Å². The quantitative estimate of drug-likeness (QED) is 0.0261. The van der Waals surface area contributed by atoms with E-state index in [9.17, 15) is 14.4 Å². The summed E-state index contributed by atoms with van der Waals surface area (Å²) in [5.41, 5.74) is 0. The molecule has 458 valence electrons. The molecule has 6 heteroatoms. The fourth-order valence-electron chi connectivity index (χ4n) is 9.45. The van der Waals surface area contributed by atoms with Crippen molar-refractivity contribution in [3.63, 3.8) is 0 Å². The molecule has 0 N–H and O–H groups in total. The minimum Gasteiger partial charge on any atom is -0.462 e. The molecule has 6 nitrogen and oxygen atoms in total. The van der Waals surface area contributed by atoms with Gasteiger partial charge in [0.05, 0.1) is 0 Å². The minimum absolute atomic E-state index is 0.0789. The van der Waals surface area contributed by atoms with Crippen LogP contribution in [0.5, 0.6) is 0 Å². The smallest absolute Gasteiger partial charge is 0.306 e. The number of ether oxygens (including phenoxy) is 3. The summed E-state index contributed by atoms with van der Waals surface area (Å²) in [6, 6.07) is 0. The first-order valence-corrected chi connectivity index (χ1v) is 33.9. The van der Waals surface area contributed by atoms with Crippen molar-refractivity contribution in [2.75, 3.05) is 13.2 Å². The summed E-state index contributed by atoms with van der Waals surface area (Å²) >= 11 is 0.